The zero-order valence-corrected chi connectivity index (χ0v) is 26.4. The van der Waals surface area contributed by atoms with Crippen molar-refractivity contribution in [2.45, 2.75) is 57.1 Å². The van der Waals surface area contributed by atoms with Crippen LogP contribution in [0.2, 0.25) is 0 Å². The molecular formula is C32H41N5O10. The second kappa shape index (κ2) is 15.7. The molecule has 0 bridgehead atoms. The Bertz CT molecular complexity index is 1450. The summed E-state index contributed by atoms with van der Waals surface area (Å²) >= 11 is 0. The Morgan fingerprint density at radius 1 is 0.979 bits per heavy atom. The van der Waals surface area contributed by atoms with E-state index in [9.17, 15) is 24.0 Å². The van der Waals surface area contributed by atoms with Gasteiger partial charge in [0, 0.05) is 26.6 Å². The summed E-state index contributed by atoms with van der Waals surface area (Å²) in [6.45, 7) is 4.02. The van der Waals surface area contributed by atoms with Crippen molar-refractivity contribution in [3.05, 3.63) is 71.8 Å². The first-order valence-electron chi connectivity index (χ1n) is 14.8. The van der Waals surface area contributed by atoms with Crippen LogP contribution < -0.4 is 11.1 Å². The second-order valence-electron chi connectivity index (χ2n) is 11.9. The molecule has 3 amide bonds. The van der Waals surface area contributed by atoms with Crippen molar-refractivity contribution < 1.29 is 49.1 Å². The molecule has 2 heterocycles. The van der Waals surface area contributed by atoms with Crippen LogP contribution in [0.25, 0.3) is 0 Å². The summed E-state index contributed by atoms with van der Waals surface area (Å²) in [4.78, 5) is 61.1. The number of carboxylic acid groups (broad SMARTS) is 2. The number of nitrogens with zero attached hydrogens (tertiary/aromatic N) is 3. The van der Waals surface area contributed by atoms with Gasteiger partial charge in [-0.3, -0.25) is 14.4 Å². The van der Waals surface area contributed by atoms with E-state index in [1.54, 1.807) is 25.8 Å². The van der Waals surface area contributed by atoms with Crippen LogP contribution in [0.1, 0.15) is 31.4 Å². The minimum atomic E-state index is -2.27. The van der Waals surface area contributed by atoms with Crippen molar-refractivity contribution in [3.8, 4) is 0 Å². The van der Waals surface area contributed by atoms with Crippen LogP contribution in [0.4, 0.5) is 0 Å². The number of likely N-dealkylation sites (tertiary alicyclic amines) is 1. The molecule has 1 saturated heterocycles. The average molecular weight is 656 g/mol. The lowest BCUT2D eigenvalue weighted by molar-refractivity contribution is -0.165. The van der Waals surface area contributed by atoms with E-state index in [-0.39, 0.29) is 25.0 Å². The normalized spacial score (nSPS) is 19.4. The minimum Gasteiger partial charge on any atom is -0.479 e. The van der Waals surface area contributed by atoms with Crippen LogP contribution in [0, 0.1) is 5.41 Å². The number of carbonyl (C=O) groups is 5. The van der Waals surface area contributed by atoms with Gasteiger partial charge in [-0.15, -0.1) is 0 Å². The molecular weight excluding hydrogens is 614 g/mol. The van der Waals surface area contributed by atoms with Crippen LogP contribution in [-0.4, -0.2) is 116 Å². The summed E-state index contributed by atoms with van der Waals surface area (Å²) in [7, 11) is 1.65. The van der Waals surface area contributed by atoms with Crippen LogP contribution in [-0.2, 0) is 41.7 Å². The molecule has 0 radical (unpaired) electrons. The number of aliphatic hydroxyl groups is 2. The standard InChI is InChI=1S/C28H35N5O4.C4H6O6/c1-27(2,29)25(35)30-22(18-37-17-21-12-8-5-9-13-21)24(34)33-15-14-23-28(19-33,26(36)32(3)31-23)16-20-10-6-4-7-11-20;5-1(3(7)8)2(6)4(9)10/h4-13,22H,14-19,29H2,1-3H3,(H,30,35);1-2,5-6H,(H,7,8)(H,9,10)/t22-,28-;/m1./s1. The molecule has 0 saturated carbocycles. The van der Waals surface area contributed by atoms with Gasteiger partial charge in [-0.1, -0.05) is 60.7 Å². The number of hydrogen-bond acceptors (Lipinski definition) is 10. The molecule has 4 rings (SSSR count). The van der Waals surface area contributed by atoms with Crippen molar-refractivity contribution in [1.29, 1.82) is 0 Å². The zero-order valence-electron chi connectivity index (χ0n) is 26.4. The third kappa shape index (κ3) is 9.42. The number of hydrogen-bond donors (Lipinski definition) is 6. The van der Waals surface area contributed by atoms with E-state index in [4.69, 9.17) is 30.9 Å². The van der Waals surface area contributed by atoms with Gasteiger partial charge in [0.15, 0.2) is 12.2 Å². The largest absolute Gasteiger partial charge is 0.479 e. The predicted molar refractivity (Wildman–Crippen MR) is 168 cm³/mol. The van der Waals surface area contributed by atoms with Gasteiger partial charge in [-0.05, 0) is 31.4 Å². The summed E-state index contributed by atoms with van der Waals surface area (Å²) in [5.41, 5.74) is 6.63. The molecule has 4 atom stereocenters. The lowest BCUT2D eigenvalue weighted by atomic mass is 9.73. The Balaban J connectivity index is 0.000000520. The summed E-state index contributed by atoms with van der Waals surface area (Å²) < 4.78 is 5.85. The summed E-state index contributed by atoms with van der Waals surface area (Å²) in [5.74, 6) is -4.43. The van der Waals surface area contributed by atoms with Gasteiger partial charge in [0.05, 0.1) is 24.5 Å². The number of piperidine rings is 1. The number of hydrazone groups is 1. The highest BCUT2D eigenvalue weighted by atomic mass is 16.5. The number of nitrogens with two attached hydrogens (primary N) is 1. The molecule has 2 unspecified atom stereocenters. The molecule has 1 fully saturated rings. The fourth-order valence-corrected chi connectivity index (χ4v) is 5.09. The molecule has 15 nitrogen and oxygen atoms in total. The fraction of sp³-hybridized carbons (Fsp3) is 0.438. The first-order valence-corrected chi connectivity index (χ1v) is 14.8. The number of carboxylic acids is 2. The minimum absolute atomic E-state index is 0.0213. The van der Waals surface area contributed by atoms with Gasteiger partial charge in [-0.25, -0.2) is 14.6 Å². The molecule has 2 aromatic rings. The Morgan fingerprint density at radius 3 is 2.02 bits per heavy atom. The number of nitrogens with one attached hydrogen (secondary N) is 1. The van der Waals surface area contributed by atoms with Gasteiger partial charge in [-0.2, -0.15) is 5.10 Å². The van der Waals surface area contributed by atoms with Crippen LogP contribution in [0.3, 0.4) is 0 Å². The van der Waals surface area contributed by atoms with Crippen LogP contribution >= 0.6 is 0 Å². The number of ether oxygens (including phenoxy) is 1. The number of carbonyl (C=O) groups excluding carboxylic acids is 3. The Hall–Kier alpha value is -4.70. The maximum Gasteiger partial charge on any atom is 0.335 e. The Labute approximate surface area is 271 Å². The maximum atomic E-state index is 13.8. The van der Waals surface area contributed by atoms with E-state index in [2.05, 4.69) is 10.4 Å². The van der Waals surface area contributed by atoms with Gasteiger partial charge < -0.3 is 41.1 Å². The topological polar surface area (TPSA) is 232 Å². The van der Waals surface area contributed by atoms with E-state index in [0.717, 1.165) is 16.8 Å². The van der Waals surface area contributed by atoms with Gasteiger partial charge in [0.1, 0.15) is 11.5 Å². The molecule has 0 aromatic heterocycles. The molecule has 0 spiro atoms. The highest BCUT2D eigenvalue weighted by Gasteiger charge is 2.54. The van der Waals surface area contributed by atoms with Crippen LogP contribution in [0.5, 0.6) is 0 Å². The molecule has 0 aliphatic carbocycles. The molecule has 2 aliphatic heterocycles. The van der Waals surface area contributed by atoms with E-state index < -0.39 is 47.0 Å². The van der Waals surface area contributed by atoms with Crippen molar-refractivity contribution in [2.24, 2.45) is 16.3 Å². The van der Waals surface area contributed by atoms with E-state index in [1.165, 1.54) is 5.01 Å². The fourth-order valence-electron chi connectivity index (χ4n) is 5.09. The highest BCUT2D eigenvalue weighted by molar-refractivity contribution is 6.13. The van der Waals surface area contributed by atoms with E-state index >= 15 is 0 Å². The molecule has 254 valence electrons. The Morgan fingerprint density at radius 2 is 1.51 bits per heavy atom. The molecule has 7 N–H and O–H groups in total. The number of aliphatic hydroxyl groups excluding tert-OH is 2. The average Bonchev–Trinajstić information content (AvgIpc) is 3.28. The Kier molecular flexibility index (Phi) is 12.3. The third-order valence-electron chi connectivity index (χ3n) is 7.66. The quantitative estimate of drug-likeness (QED) is 0.172. The van der Waals surface area contributed by atoms with E-state index in [0.29, 0.717) is 26.0 Å². The van der Waals surface area contributed by atoms with Crippen molar-refractivity contribution in [2.75, 3.05) is 26.7 Å². The maximum absolute atomic E-state index is 13.8. The van der Waals surface area contributed by atoms with Crippen LogP contribution in [0.15, 0.2) is 65.8 Å². The van der Waals surface area contributed by atoms with Gasteiger partial charge in [0.25, 0.3) is 5.91 Å². The molecule has 15 heteroatoms. The van der Waals surface area contributed by atoms with Crippen molar-refractivity contribution >= 4 is 35.4 Å². The van der Waals surface area contributed by atoms with Gasteiger partial charge in [0.2, 0.25) is 11.8 Å². The number of rotatable bonds is 12. The SMILES string of the molecule is CN1N=C2CCN(C(=O)[C@@H](COCc3ccccc3)NC(=O)C(C)(C)N)C[C@@]2(Cc2ccccc2)C1=O.O=C(O)C(O)C(O)C(=O)O. The summed E-state index contributed by atoms with van der Waals surface area (Å²) in [6.07, 6.45) is -3.62. The first-order chi connectivity index (χ1) is 22.1. The third-order valence-corrected chi connectivity index (χ3v) is 7.66. The highest BCUT2D eigenvalue weighted by Crippen LogP contribution is 2.38. The van der Waals surface area contributed by atoms with Gasteiger partial charge >= 0.3 is 11.9 Å². The molecule has 2 aliphatic rings. The summed E-state index contributed by atoms with van der Waals surface area (Å²) in [6, 6.07) is 18.4. The first kappa shape index (κ1) is 36.8. The lowest BCUT2D eigenvalue weighted by Crippen LogP contribution is -2.61. The number of benzene rings is 2. The number of amides is 3. The van der Waals surface area contributed by atoms with Crippen molar-refractivity contribution in [1.82, 2.24) is 15.2 Å². The van der Waals surface area contributed by atoms with Crippen molar-refractivity contribution in [3.63, 3.8) is 0 Å². The second-order valence-corrected chi connectivity index (χ2v) is 11.9. The monoisotopic (exact) mass is 655 g/mol. The zero-order chi connectivity index (χ0) is 34.9. The smallest absolute Gasteiger partial charge is 0.335 e. The number of aliphatic carboxylic acids is 2. The predicted octanol–water partition coefficient (Wildman–Crippen LogP) is -0.408. The lowest BCUT2D eigenvalue weighted by Gasteiger charge is -2.40. The molecule has 2 aromatic carbocycles. The summed E-state index contributed by atoms with van der Waals surface area (Å²) in [5, 5.41) is 41.2. The van der Waals surface area contributed by atoms with E-state index in [1.807, 2.05) is 60.7 Å². The molecule has 47 heavy (non-hydrogen) atoms. The number of fused-ring (bicyclic) bond motifs is 1.